The number of carbonyl (C=O) groups excluding carboxylic acids is 2. The Morgan fingerprint density at radius 1 is 0.968 bits per heavy atom. The van der Waals surface area contributed by atoms with E-state index in [9.17, 15) is 9.59 Å². The van der Waals surface area contributed by atoms with Crippen molar-refractivity contribution in [3.63, 3.8) is 0 Å². The van der Waals surface area contributed by atoms with Crippen LogP contribution in [-0.4, -0.2) is 34.2 Å². The molecule has 5 rings (SSSR count). The molecule has 1 N–H and O–H groups in total. The van der Waals surface area contributed by atoms with Crippen molar-refractivity contribution in [2.24, 2.45) is 0 Å². The molecule has 152 valence electrons. The lowest BCUT2D eigenvalue weighted by Crippen LogP contribution is -2.25. The van der Waals surface area contributed by atoms with E-state index in [1.165, 1.54) is 11.8 Å². The van der Waals surface area contributed by atoms with Crippen molar-refractivity contribution in [2.45, 2.75) is 5.03 Å². The number of Topliss-reactive ketones (excluding diaryl/α,β-unsaturated/α-hetero) is 1. The van der Waals surface area contributed by atoms with Crippen LogP contribution in [0.4, 0.5) is 5.69 Å². The number of aromatic nitrogens is 2. The predicted octanol–water partition coefficient (Wildman–Crippen LogP) is 4.60. The summed E-state index contributed by atoms with van der Waals surface area (Å²) in [5.41, 5.74) is 2.84. The van der Waals surface area contributed by atoms with Gasteiger partial charge in [-0.1, -0.05) is 66.4 Å². The van der Waals surface area contributed by atoms with E-state index in [0.29, 0.717) is 22.0 Å². The third-order valence-electron chi connectivity index (χ3n) is 4.98. The summed E-state index contributed by atoms with van der Waals surface area (Å²) >= 11 is 1.35. The van der Waals surface area contributed by atoms with Gasteiger partial charge in [0.1, 0.15) is 16.5 Å². The second-order valence-electron chi connectivity index (χ2n) is 7.03. The SMILES string of the molecule is O=C1COc2ccc(C(=O)CSc3nnc(-c4ccccc4)c4ccccc34)cc2N1. The molecule has 4 aromatic rings. The molecule has 0 unspecified atom stereocenters. The maximum Gasteiger partial charge on any atom is 0.262 e. The van der Waals surface area contributed by atoms with E-state index in [1.54, 1.807) is 18.2 Å². The molecule has 0 saturated heterocycles. The number of thioether (sulfide) groups is 1. The second kappa shape index (κ2) is 8.20. The maximum atomic E-state index is 12.8. The van der Waals surface area contributed by atoms with Crippen molar-refractivity contribution >= 4 is 39.9 Å². The van der Waals surface area contributed by atoms with Crippen molar-refractivity contribution in [1.29, 1.82) is 0 Å². The molecule has 2 heterocycles. The highest BCUT2D eigenvalue weighted by molar-refractivity contribution is 8.00. The van der Waals surface area contributed by atoms with E-state index in [0.717, 1.165) is 22.0 Å². The Kier molecular flexibility index (Phi) is 5.09. The average molecular weight is 427 g/mol. The van der Waals surface area contributed by atoms with Gasteiger partial charge in [0.25, 0.3) is 5.91 Å². The van der Waals surface area contributed by atoms with Crippen LogP contribution in [-0.2, 0) is 4.79 Å². The number of nitrogens with zero attached hydrogens (tertiary/aromatic N) is 2. The molecule has 1 aliphatic heterocycles. The fourth-order valence-electron chi connectivity index (χ4n) is 3.47. The van der Waals surface area contributed by atoms with E-state index in [-0.39, 0.29) is 24.1 Å². The van der Waals surface area contributed by atoms with Gasteiger partial charge < -0.3 is 10.1 Å². The standard InChI is InChI=1S/C24H17N3O3S/c28-20(16-10-11-21-19(12-16)25-22(29)13-30-21)14-31-24-18-9-5-4-8-17(18)23(26-27-24)15-6-2-1-3-7-15/h1-12H,13-14H2,(H,25,29). The number of hydrogen-bond donors (Lipinski definition) is 1. The minimum absolute atomic E-state index is 0.0130. The van der Waals surface area contributed by atoms with Gasteiger partial charge in [-0.3, -0.25) is 9.59 Å². The number of ether oxygens (including phenoxy) is 1. The second-order valence-corrected chi connectivity index (χ2v) is 7.99. The van der Waals surface area contributed by atoms with E-state index >= 15 is 0 Å². The van der Waals surface area contributed by atoms with Crippen molar-refractivity contribution in [3.05, 3.63) is 78.4 Å². The van der Waals surface area contributed by atoms with Crippen molar-refractivity contribution in [2.75, 3.05) is 17.7 Å². The third-order valence-corrected chi connectivity index (χ3v) is 5.96. The first-order chi connectivity index (χ1) is 15.2. The summed E-state index contributed by atoms with van der Waals surface area (Å²) in [4.78, 5) is 24.3. The van der Waals surface area contributed by atoms with Crippen LogP contribution < -0.4 is 10.1 Å². The van der Waals surface area contributed by atoms with Gasteiger partial charge in [0.2, 0.25) is 0 Å². The quantitative estimate of drug-likeness (QED) is 0.370. The van der Waals surface area contributed by atoms with Gasteiger partial charge in [0.15, 0.2) is 12.4 Å². The molecule has 0 saturated carbocycles. The van der Waals surface area contributed by atoms with E-state index < -0.39 is 0 Å². The molecular weight excluding hydrogens is 410 g/mol. The van der Waals surface area contributed by atoms with Crippen LogP contribution in [0.5, 0.6) is 5.75 Å². The minimum Gasteiger partial charge on any atom is -0.482 e. The Balaban J connectivity index is 1.40. The van der Waals surface area contributed by atoms with Crippen LogP contribution >= 0.6 is 11.8 Å². The Hall–Kier alpha value is -3.71. The van der Waals surface area contributed by atoms with Crippen LogP contribution in [0.3, 0.4) is 0 Å². The molecule has 1 amide bonds. The van der Waals surface area contributed by atoms with Crippen molar-refractivity contribution in [3.8, 4) is 17.0 Å². The fraction of sp³-hybridized carbons (Fsp3) is 0.0833. The first-order valence-electron chi connectivity index (χ1n) is 9.72. The summed E-state index contributed by atoms with van der Waals surface area (Å²) in [6, 6.07) is 22.9. The summed E-state index contributed by atoms with van der Waals surface area (Å²) in [7, 11) is 0. The Bertz CT molecular complexity index is 1310. The van der Waals surface area contributed by atoms with Crippen LogP contribution in [0, 0.1) is 0 Å². The van der Waals surface area contributed by atoms with Gasteiger partial charge in [-0.25, -0.2) is 0 Å². The molecule has 0 bridgehead atoms. The van der Waals surface area contributed by atoms with Crippen LogP contribution in [0.15, 0.2) is 77.8 Å². The Morgan fingerprint density at radius 2 is 1.74 bits per heavy atom. The van der Waals surface area contributed by atoms with Gasteiger partial charge in [0.05, 0.1) is 11.4 Å². The van der Waals surface area contributed by atoms with Crippen LogP contribution in [0.2, 0.25) is 0 Å². The summed E-state index contributed by atoms with van der Waals surface area (Å²) in [5, 5.41) is 14.2. The zero-order chi connectivity index (χ0) is 21.2. The highest BCUT2D eigenvalue weighted by Gasteiger charge is 2.19. The minimum atomic E-state index is -0.230. The molecule has 6 nitrogen and oxygen atoms in total. The summed E-state index contributed by atoms with van der Waals surface area (Å²) < 4.78 is 5.35. The molecule has 1 aliphatic rings. The van der Waals surface area contributed by atoms with E-state index in [4.69, 9.17) is 4.74 Å². The number of anilines is 1. The first kappa shape index (κ1) is 19.3. The molecule has 3 aromatic carbocycles. The number of hydrogen-bond acceptors (Lipinski definition) is 6. The number of nitrogens with one attached hydrogen (secondary N) is 1. The Labute approximate surface area is 182 Å². The normalized spacial score (nSPS) is 12.7. The lowest BCUT2D eigenvalue weighted by Gasteiger charge is -2.18. The molecule has 0 spiro atoms. The van der Waals surface area contributed by atoms with E-state index in [1.807, 2.05) is 54.6 Å². The molecule has 0 radical (unpaired) electrons. The average Bonchev–Trinajstić information content (AvgIpc) is 2.82. The topological polar surface area (TPSA) is 81.2 Å². The maximum absolute atomic E-state index is 12.8. The number of carbonyl (C=O) groups is 2. The first-order valence-corrected chi connectivity index (χ1v) is 10.7. The van der Waals surface area contributed by atoms with Gasteiger partial charge in [-0.2, -0.15) is 0 Å². The van der Waals surface area contributed by atoms with E-state index in [2.05, 4.69) is 15.5 Å². The molecule has 1 aromatic heterocycles. The monoisotopic (exact) mass is 427 g/mol. The van der Waals surface area contributed by atoms with Crippen molar-refractivity contribution in [1.82, 2.24) is 10.2 Å². The highest BCUT2D eigenvalue weighted by Crippen LogP contribution is 2.33. The molecule has 0 atom stereocenters. The third kappa shape index (κ3) is 3.87. The van der Waals surface area contributed by atoms with Crippen LogP contribution in [0.25, 0.3) is 22.0 Å². The number of benzene rings is 3. The van der Waals surface area contributed by atoms with Gasteiger partial charge >= 0.3 is 0 Å². The zero-order valence-corrected chi connectivity index (χ0v) is 17.2. The van der Waals surface area contributed by atoms with Crippen molar-refractivity contribution < 1.29 is 14.3 Å². The predicted molar refractivity (Wildman–Crippen MR) is 121 cm³/mol. The van der Waals surface area contributed by atoms with Gasteiger partial charge in [-0.05, 0) is 18.2 Å². The van der Waals surface area contributed by atoms with Gasteiger partial charge in [-0.15, -0.1) is 10.2 Å². The largest absolute Gasteiger partial charge is 0.482 e. The zero-order valence-electron chi connectivity index (χ0n) is 16.4. The lowest BCUT2D eigenvalue weighted by molar-refractivity contribution is -0.118. The molecular formula is C24H17N3O3S. The molecule has 0 fully saturated rings. The molecule has 7 heteroatoms. The summed E-state index contributed by atoms with van der Waals surface area (Å²) in [5.74, 6) is 0.478. The summed E-state index contributed by atoms with van der Waals surface area (Å²) in [6.07, 6.45) is 0. The van der Waals surface area contributed by atoms with Crippen LogP contribution in [0.1, 0.15) is 10.4 Å². The number of ketones is 1. The smallest absolute Gasteiger partial charge is 0.262 e. The fourth-order valence-corrected chi connectivity index (χ4v) is 4.34. The number of fused-ring (bicyclic) bond motifs is 2. The lowest BCUT2D eigenvalue weighted by atomic mass is 10.1. The summed E-state index contributed by atoms with van der Waals surface area (Å²) in [6.45, 7) is -0.0130. The highest BCUT2D eigenvalue weighted by atomic mass is 32.2. The molecule has 0 aliphatic carbocycles. The molecule has 31 heavy (non-hydrogen) atoms. The van der Waals surface area contributed by atoms with Gasteiger partial charge in [0, 0.05) is 21.9 Å². The number of amides is 1. The Morgan fingerprint density at radius 3 is 2.58 bits per heavy atom. The number of rotatable bonds is 5.